The van der Waals surface area contributed by atoms with Gasteiger partial charge in [-0.2, -0.15) is 0 Å². The van der Waals surface area contributed by atoms with Crippen LogP contribution in [-0.4, -0.2) is 27.9 Å². The highest BCUT2D eigenvalue weighted by Crippen LogP contribution is 2.21. The first-order valence-electron chi connectivity index (χ1n) is 10.6. The number of amides is 2. The molecule has 0 fully saturated rings. The maximum Gasteiger partial charge on any atom is 0.286 e. The molecule has 4 aromatic rings. The number of hydrogen-bond donors (Lipinski definition) is 2. The van der Waals surface area contributed by atoms with Gasteiger partial charge in [0.2, 0.25) is 5.91 Å². The summed E-state index contributed by atoms with van der Waals surface area (Å²) in [5, 5.41) is 5.90. The lowest BCUT2D eigenvalue weighted by Crippen LogP contribution is -2.25. The highest BCUT2D eigenvalue weighted by molar-refractivity contribution is 5.93. The van der Waals surface area contributed by atoms with Gasteiger partial charge in [-0.15, -0.1) is 0 Å². The standard InChI is InChI=1S/C25H26N4O3/c1-17-8-5-9-18(2)24(17)28-23(30)16-29-20-11-4-3-10-19(20)27-22(29)13-6-14-26-25(31)21-12-7-15-32-21/h3-5,7-12,15H,6,13-14,16H2,1-2H3,(H,26,31)(H,28,30). The van der Waals surface area contributed by atoms with E-state index in [1.54, 1.807) is 12.1 Å². The number of aromatic nitrogens is 2. The predicted octanol–water partition coefficient (Wildman–Crippen LogP) is 4.25. The first kappa shape index (κ1) is 21.4. The molecule has 7 heteroatoms. The zero-order valence-electron chi connectivity index (χ0n) is 18.2. The molecule has 32 heavy (non-hydrogen) atoms. The number of imidazole rings is 1. The van der Waals surface area contributed by atoms with Crippen molar-refractivity contribution in [1.29, 1.82) is 0 Å². The van der Waals surface area contributed by atoms with Crippen molar-refractivity contribution in [3.8, 4) is 0 Å². The molecule has 0 radical (unpaired) electrons. The zero-order valence-corrected chi connectivity index (χ0v) is 18.2. The van der Waals surface area contributed by atoms with E-state index in [1.165, 1.54) is 6.26 Å². The Morgan fingerprint density at radius 1 is 1.00 bits per heavy atom. The Morgan fingerprint density at radius 3 is 2.53 bits per heavy atom. The van der Waals surface area contributed by atoms with E-state index in [0.717, 1.165) is 33.7 Å². The Morgan fingerprint density at radius 2 is 1.78 bits per heavy atom. The molecule has 0 unspecified atom stereocenters. The predicted molar refractivity (Wildman–Crippen MR) is 124 cm³/mol. The Labute approximate surface area is 186 Å². The summed E-state index contributed by atoms with van der Waals surface area (Å²) in [6, 6.07) is 17.0. The van der Waals surface area contributed by atoms with Gasteiger partial charge in [-0.3, -0.25) is 9.59 Å². The first-order chi connectivity index (χ1) is 15.5. The summed E-state index contributed by atoms with van der Waals surface area (Å²) < 4.78 is 7.06. The molecule has 7 nitrogen and oxygen atoms in total. The van der Waals surface area contributed by atoms with Gasteiger partial charge in [-0.1, -0.05) is 30.3 Å². The Hall–Kier alpha value is -3.87. The third-order valence-electron chi connectivity index (χ3n) is 5.39. The minimum atomic E-state index is -0.239. The maximum atomic E-state index is 12.9. The average molecular weight is 431 g/mol. The van der Waals surface area contributed by atoms with Crippen LogP contribution in [0.2, 0.25) is 0 Å². The number of carbonyl (C=O) groups is 2. The van der Waals surface area contributed by atoms with Gasteiger partial charge in [0, 0.05) is 18.7 Å². The lowest BCUT2D eigenvalue weighted by atomic mass is 10.1. The largest absolute Gasteiger partial charge is 0.459 e. The van der Waals surface area contributed by atoms with E-state index in [4.69, 9.17) is 9.40 Å². The first-order valence-corrected chi connectivity index (χ1v) is 10.6. The molecule has 2 aromatic carbocycles. The van der Waals surface area contributed by atoms with Crippen molar-refractivity contribution >= 4 is 28.5 Å². The molecule has 2 amide bonds. The number of hydrogen-bond acceptors (Lipinski definition) is 4. The number of furan rings is 1. The molecule has 0 aliphatic rings. The van der Waals surface area contributed by atoms with E-state index in [1.807, 2.05) is 60.9 Å². The molecule has 164 valence electrons. The SMILES string of the molecule is Cc1cccc(C)c1NC(=O)Cn1c(CCCNC(=O)c2ccco2)nc2ccccc21. The van der Waals surface area contributed by atoms with E-state index >= 15 is 0 Å². The molecule has 0 bridgehead atoms. The highest BCUT2D eigenvalue weighted by atomic mass is 16.3. The van der Waals surface area contributed by atoms with Gasteiger partial charge in [0.05, 0.1) is 17.3 Å². The number of benzene rings is 2. The minimum absolute atomic E-state index is 0.0991. The van der Waals surface area contributed by atoms with Gasteiger partial charge in [0.25, 0.3) is 5.91 Å². The van der Waals surface area contributed by atoms with Crippen molar-refractivity contribution in [3.63, 3.8) is 0 Å². The van der Waals surface area contributed by atoms with E-state index in [2.05, 4.69) is 10.6 Å². The number of nitrogens with zero attached hydrogens (tertiary/aromatic N) is 2. The zero-order chi connectivity index (χ0) is 22.5. The van der Waals surface area contributed by atoms with Crippen LogP contribution in [0.25, 0.3) is 11.0 Å². The quantitative estimate of drug-likeness (QED) is 0.409. The average Bonchev–Trinajstić information content (AvgIpc) is 3.43. The Balaban J connectivity index is 1.45. The van der Waals surface area contributed by atoms with Crippen LogP contribution in [0.5, 0.6) is 0 Å². The van der Waals surface area contributed by atoms with Crippen molar-refractivity contribution in [2.24, 2.45) is 0 Å². The van der Waals surface area contributed by atoms with Crippen molar-refractivity contribution in [1.82, 2.24) is 14.9 Å². The molecule has 0 aliphatic heterocycles. The summed E-state index contributed by atoms with van der Waals surface area (Å²) in [5.41, 5.74) is 4.67. The molecular weight excluding hydrogens is 404 g/mol. The fourth-order valence-corrected chi connectivity index (χ4v) is 3.77. The monoisotopic (exact) mass is 430 g/mol. The lowest BCUT2D eigenvalue weighted by molar-refractivity contribution is -0.116. The van der Waals surface area contributed by atoms with E-state index < -0.39 is 0 Å². The van der Waals surface area contributed by atoms with Crippen LogP contribution in [0.1, 0.15) is 33.9 Å². The van der Waals surface area contributed by atoms with Gasteiger partial charge < -0.3 is 19.6 Å². The number of nitrogens with one attached hydrogen (secondary N) is 2. The molecule has 0 aliphatic carbocycles. The third-order valence-corrected chi connectivity index (χ3v) is 5.39. The summed E-state index contributed by atoms with van der Waals surface area (Å²) in [6.45, 7) is 4.62. The summed E-state index contributed by atoms with van der Waals surface area (Å²) in [7, 11) is 0. The third kappa shape index (κ3) is 4.72. The van der Waals surface area contributed by atoms with E-state index in [-0.39, 0.29) is 18.4 Å². The molecular formula is C25H26N4O3. The van der Waals surface area contributed by atoms with Gasteiger partial charge in [0.1, 0.15) is 12.4 Å². The van der Waals surface area contributed by atoms with Crippen LogP contribution < -0.4 is 10.6 Å². The van der Waals surface area contributed by atoms with Crippen LogP contribution in [-0.2, 0) is 17.8 Å². The van der Waals surface area contributed by atoms with Crippen LogP contribution in [0.4, 0.5) is 5.69 Å². The van der Waals surface area contributed by atoms with Crippen molar-refractivity contribution in [2.75, 3.05) is 11.9 Å². The smallest absolute Gasteiger partial charge is 0.286 e. The molecule has 2 aromatic heterocycles. The highest BCUT2D eigenvalue weighted by Gasteiger charge is 2.15. The molecule has 0 saturated heterocycles. The number of anilines is 1. The Kier molecular flexibility index (Phi) is 6.35. The number of para-hydroxylation sites is 3. The van der Waals surface area contributed by atoms with Crippen molar-refractivity contribution in [3.05, 3.63) is 83.6 Å². The van der Waals surface area contributed by atoms with E-state index in [0.29, 0.717) is 25.1 Å². The molecule has 4 rings (SSSR count). The fourth-order valence-electron chi connectivity index (χ4n) is 3.77. The second-order valence-corrected chi connectivity index (χ2v) is 7.75. The van der Waals surface area contributed by atoms with Gasteiger partial charge in [-0.25, -0.2) is 4.98 Å². The number of rotatable bonds is 8. The van der Waals surface area contributed by atoms with Gasteiger partial charge in [0.15, 0.2) is 5.76 Å². The van der Waals surface area contributed by atoms with Gasteiger partial charge in [-0.05, 0) is 55.7 Å². The molecule has 0 atom stereocenters. The maximum absolute atomic E-state index is 12.9. The Bertz CT molecular complexity index is 1220. The summed E-state index contributed by atoms with van der Waals surface area (Å²) in [6.07, 6.45) is 2.79. The number of carbonyl (C=O) groups excluding carboxylic acids is 2. The molecule has 2 heterocycles. The van der Waals surface area contributed by atoms with Crippen LogP contribution in [0, 0.1) is 13.8 Å². The minimum Gasteiger partial charge on any atom is -0.459 e. The van der Waals surface area contributed by atoms with Gasteiger partial charge >= 0.3 is 0 Å². The lowest BCUT2D eigenvalue weighted by Gasteiger charge is -2.13. The van der Waals surface area contributed by atoms with Crippen molar-refractivity contribution < 1.29 is 14.0 Å². The summed E-state index contributed by atoms with van der Waals surface area (Å²) in [5.74, 6) is 0.768. The topological polar surface area (TPSA) is 89.2 Å². The number of aryl methyl sites for hydroxylation is 3. The van der Waals surface area contributed by atoms with Crippen LogP contribution in [0.15, 0.2) is 65.3 Å². The van der Waals surface area contributed by atoms with Crippen LogP contribution in [0.3, 0.4) is 0 Å². The summed E-state index contributed by atoms with van der Waals surface area (Å²) >= 11 is 0. The summed E-state index contributed by atoms with van der Waals surface area (Å²) in [4.78, 5) is 29.7. The fraction of sp³-hybridized carbons (Fsp3) is 0.240. The molecule has 2 N–H and O–H groups in total. The molecule has 0 spiro atoms. The second kappa shape index (κ2) is 9.51. The second-order valence-electron chi connectivity index (χ2n) is 7.75. The molecule has 0 saturated carbocycles. The van der Waals surface area contributed by atoms with Crippen LogP contribution >= 0.6 is 0 Å². The normalized spacial score (nSPS) is 10.9. The van der Waals surface area contributed by atoms with Crippen molar-refractivity contribution in [2.45, 2.75) is 33.2 Å². The van der Waals surface area contributed by atoms with E-state index in [9.17, 15) is 9.59 Å². The number of fused-ring (bicyclic) bond motifs is 1.